The van der Waals surface area contributed by atoms with Crippen LogP contribution in [0.1, 0.15) is 115 Å². The van der Waals surface area contributed by atoms with E-state index in [9.17, 15) is 37.1 Å². The van der Waals surface area contributed by atoms with Crippen LogP contribution in [0.4, 0.5) is 30.4 Å². The van der Waals surface area contributed by atoms with Crippen molar-refractivity contribution in [2.75, 3.05) is 56.8 Å². The minimum Gasteiger partial charge on any atom is -0.493 e. The van der Waals surface area contributed by atoms with Gasteiger partial charge in [0.05, 0.1) is 42.0 Å². The molecular weight excluding hydrogens is 896 g/mol. The average Bonchev–Trinajstić information content (AvgIpc) is 4.04. The quantitative estimate of drug-likeness (QED) is 0.0754. The molecule has 2 saturated carbocycles. The number of alkyl halides is 3. The second-order valence-corrected chi connectivity index (χ2v) is 19.5. The molecule has 2 saturated heterocycles. The summed E-state index contributed by atoms with van der Waals surface area (Å²) < 4.78 is 53.0. The first kappa shape index (κ1) is 47.6. The van der Waals surface area contributed by atoms with Gasteiger partial charge in [-0.05, 0) is 127 Å². The molecule has 9 rings (SSSR count). The van der Waals surface area contributed by atoms with Crippen molar-refractivity contribution in [2.24, 2.45) is 11.3 Å². The zero-order valence-electron chi connectivity index (χ0n) is 39.2. The number of imide groups is 2. The number of carbonyl (C=O) groups is 5. The predicted molar refractivity (Wildman–Crippen MR) is 251 cm³/mol. The number of hydrogen-bond acceptors (Lipinski definition) is 13. The van der Waals surface area contributed by atoms with Gasteiger partial charge in [0.25, 0.3) is 11.8 Å². The SMILES string of the molecule is COc1cc2nc(C)nc(N[C@H](C)c3cc(N)cc(C(F)(F)F)c3)c2cc1OCC1(CN(C)C(=O)C2CCN(C3CCC(Nc4cccc5c4C(=O)N(C4CCC(=O)NC4=O)C5=O)CC3)CC2)CC1. The van der Waals surface area contributed by atoms with E-state index in [0.717, 1.165) is 81.5 Å². The van der Waals surface area contributed by atoms with Crippen LogP contribution in [-0.2, 0) is 20.6 Å². The highest BCUT2D eigenvalue weighted by Gasteiger charge is 2.47. The molecule has 69 heavy (non-hydrogen) atoms. The molecule has 0 radical (unpaired) electrons. The number of nitrogens with two attached hydrogens (primary N) is 1. The molecular formula is C50H58F3N9O7. The Hall–Kier alpha value is -6.50. The Kier molecular flexibility index (Phi) is 12.9. The van der Waals surface area contributed by atoms with Crippen molar-refractivity contribution in [3.8, 4) is 11.5 Å². The summed E-state index contributed by atoms with van der Waals surface area (Å²) in [6.45, 7) is 6.02. The number of anilines is 3. The van der Waals surface area contributed by atoms with E-state index in [1.165, 1.54) is 6.07 Å². The molecule has 4 heterocycles. The number of nitrogen functional groups attached to an aromatic ring is 1. The second-order valence-electron chi connectivity index (χ2n) is 19.5. The van der Waals surface area contributed by atoms with Gasteiger partial charge in [-0.2, -0.15) is 13.2 Å². The first-order chi connectivity index (χ1) is 32.9. The Bertz CT molecular complexity index is 2700. The molecule has 0 bridgehead atoms. The van der Waals surface area contributed by atoms with Gasteiger partial charge in [-0.25, -0.2) is 9.97 Å². The van der Waals surface area contributed by atoms with Crippen molar-refractivity contribution >= 4 is 57.6 Å². The van der Waals surface area contributed by atoms with Gasteiger partial charge < -0.3 is 35.6 Å². The number of aromatic nitrogens is 2. The van der Waals surface area contributed by atoms with Crippen molar-refractivity contribution in [3.63, 3.8) is 0 Å². The number of aryl methyl sites for hydroxylation is 1. The number of carbonyl (C=O) groups excluding carboxylic acids is 5. The maximum absolute atomic E-state index is 13.9. The molecule has 1 unspecified atom stereocenters. The van der Waals surface area contributed by atoms with Gasteiger partial charge in [-0.1, -0.05) is 6.07 Å². The second kappa shape index (κ2) is 18.8. The Labute approximate surface area is 397 Å². The zero-order chi connectivity index (χ0) is 48.9. The number of piperidine rings is 2. The summed E-state index contributed by atoms with van der Waals surface area (Å²) in [4.78, 5) is 79.7. The van der Waals surface area contributed by atoms with E-state index in [4.69, 9.17) is 15.2 Å². The number of rotatable bonds is 14. The number of nitrogens with zero attached hydrogens (tertiary/aromatic N) is 5. The van der Waals surface area contributed by atoms with E-state index >= 15 is 0 Å². The third-order valence-corrected chi connectivity index (χ3v) is 14.6. The number of halogens is 3. The number of fused-ring (bicyclic) bond motifs is 2. The Morgan fingerprint density at radius 2 is 1.71 bits per heavy atom. The maximum atomic E-state index is 13.9. The number of amides is 5. The Balaban J connectivity index is 0.764. The molecule has 2 atom stereocenters. The highest BCUT2D eigenvalue weighted by Crippen LogP contribution is 2.48. The lowest BCUT2D eigenvalue weighted by Crippen LogP contribution is -2.54. The molecule has 4 fully saturated rings. The molecule has 5 N–H and O–H groups in total. The van der Waals surface area contributed by atoms with E-state index in [2.05, 4.69) is 30.8 Å². The van der Waals surface area contributed by atoms with Crippen LogP contribution in [0.2, 0.25) is 0 Å². The standard InChI is InChI=1S/C50H58F3N9O7/c1-27(30-20-31(50(51,52)53)22-32(54)21-30)55-44-36-23-41(40(68-4)24-38(36)56-28(2)57-44)69-26-49(16-17-49)25-60(3)46(65)29-14-18-61(19-15-29)34-10-8-33(9-11-34)58-37-7-5-6-35-43(37)48(67)62(47(35)66)39-12-13-42(63)59-45(39)64/h5-7,20-24,27,29,33-34,39,58H,8-19,25-26,54H2,1-4H3,(H,55,56,57)(H,59,63,64)/t27-,33?,34?,39?/m1/s1. The number of methoxy groups -OCH3 is 1. The van der Waals surface area contributed by atoms with E-state index < -0.39 is 47.5 Å². The third kappa shape index (κ3) is 9.87. The molecule has 5 aliphatic rings. The molecule has 366 valence electrons. The number of likely N-dealkylation sites (tertiary alicyclic amines) is 1. The molecule has 5 amide bonds. The van der Waals surface area contributed by atoms with Gasteiger partial charge in [0.2, 0.25) is 17.7 Å². The third-order valence-electron chi connectivity index (χ3n) is 14.6. The van der Waals surface area contributed by atoms with Gasteiger partial charge in [0, 0.05) is 66.3 Å². The number of ether oxygens (including phenoxy) is 2. The molecule has 3 aromatic carbocycles. The summed E-state index contributed by atoms with van der Waals surface area (Å²) >= 11 is 0. The van der Waals surface area contributed by atoms with Crippen molar-refractivity contribution in [1.82, 2.24) is 30.0 Å². The minimum absolute atomic E-state index is 0.00486. The lowest BCUT2D eigenvalue weighted by Gasteiger charge is -2.41. The van der Waals surface area contributed by atoms with Crippen LogP contribution in [0, 0.1) is 18.3 Å². The summed E-state index contributed by atoms with van der Waals surface area (Å²) in [5.74, 6) is -0.237. The van der Waals surface area contributed by atoms with E-state index in [1.54, 1.807) is 51.3 Å². The van der Waals surface area contributed by atoms with Crippen LogP contribution in [0.15, 0.2) is 48.5 Å². The highest BCUT2D eigenvalue weighted by molar-refractivity contribution is 6.25. The first-order valence-electron chi connectivity index (χ1n) is 23.7. The van der Waals surface area contributed by atoms with Crippen molar-refractivity contribution in [1.29, 1.82) is 0 Å². The topological polar surface area (TPSA) is 201 Å². The van der Waals surface area contributed by atoms with Crippen LogP contribution in [0.5, 0.6) is 11.5 Å². The normalized spacial score (nSPS) is 22.2. The van der Waals surface area contributed by atoms with Crippen LogP contribution in [0.25, 0.3) is 10.9 Å². The Morgan fingerprint density at radius 1 is 0.971 bits per heavy atom. The van der Waals surface area contributed by atoms with E-state index in [1.807, 2.05) is 11.9 Å². The van der Waals surface area contributed by atoms with Crippen molar-refractivity contribution in [3.05, 3.63) is 76.6 Å². The molecule has 4 aromatic rings. The van der Waals surface area contributed by atoms with Gasteiger partial charge in [0.1, 0.15) is 17.7 Å². The summed E-state index contributed by atoms with van der Waals surface area (Å²) in [6, 6.07) is 11.0. The summed E-state index contributed by atoms with van der Waals surface area (Å²) in [5.41, 5.74) is 6.83. The number of nitrogens with one attached hydrogen (secondary N) is 3. The van der Waals surface area contributed by atoms with E-state index in [0.29, 0.717) is 64.5 Å². The molecule has 0 spiro atoms. The first-order valence-corrected chi connectivity index (χ1v) is 23.7. The fraction of sp³-hybridized carbons (Fsp3) is 0.500. The van der Waals surface area contributed by atoms with Gasteiger partial charge in [-0.3, -0.25) is 34.2 Å². The van der Waals surface area contributed by atoms with Crippen LogP contribution >= 0.6 is 0 Å². The lowest BCUT2D eigenvalue weighted by molar-refractivity contribution is -0.138. The highest BCUT2D eigenvalue weighted by atomic mass is 19.4. The van der Waals surface area contributed by atoms with Crippen LogP contribution in [0.3, 0.4) is 0 Å². The number of hydrogen-bond donors (Lipinski definition) is 4. The van der Waals surface area contributed by atoms with Gasteiger partial charge in [0.15, 0.2) is 11.5 Å². The van der Waals surface area contributed by atoms with Gasteiger partial charge in [-0.15, -0.1) is 0 Å². The molecule has 1 aromatic heterocycles. The van der Waals surface area contributed by atoms with Crippen molar-refractivity contribution in [2.45, 2.75) is 108 Å². The summed E-state index contributed by atoms with van der Waals surface area (Å²) in [6.07, 6.45) is 2.58. The fourth-order valence-corrected chi connectivity index (χ4v) is 10.6. The molecule has 16 nitrogen and oxygen atoms in total. The molecule has 19 heteroatoms. The fourth-order valence-electron chi connectivity index (χ4n) is 10.6. The largest absolute Gasteiger partial charge is 0.493 e. The summed E-state index contributed by atoms with van der Waals surface area (Å²) in [5, 5.41) is 9.64. The zero-order valence-corrected chi connectivity index (χ0v) is 39.2. The predicted octanol–water partition coefficient (Wildman–Crippen LogP) is 6.87. The smallest absolute Gasteiger partial charge is 0.416 e. The Morgan fingerprint density at radius 3 is 2.39 bits per heavy atom. The monoisotopic (exact) mass is 953 g/mol. The van der Waals surface area contributed by atoms with Crippen molar-refractivity contribution < 1.29 is 46.6 Å². The van der Waals surface area contributed by atoms with Crippen LogP contribution < -0.4 is 31.2 Å². The molecule has 2 aliphatic carbocycles. The lowest BCUT2D eigenvalue weighted by atomic mass is 9.87. The maximum Gasteiger partial charge on any atom is 0.416 e. The average molecular weight is 954 g/mol. The number of benzene rings is 3. The summed E-state index contributed by atoms with van der Waals surface area (Å²) in [7, 11) is 3.41. The minimum atomic E-state index is -4.55. The van der Waals surface area contributed by atoms with Crippen LogP contribution in [-0.4, -0.2) is 113 Å². The van der Waals surface area contributed by atoms with E-state index in [-0.39, 0.29) is 52.9 Å². The van der Waals surface area contributed by atoms with Gasteiger partial charge >= 0.3 is 6.18 Å². The molecule has 3 aliphatic heterocycles.